The van der Waals surface area contributed by atoms with Gasteiger partial charge in [-0.1, -0.05) is 50.6 Å². The van der Waals surface area contributed by atoms with Crippen LogP contribution in [0, 0.1) is 5.82 Å². The van der Waals surface area contributed by atoms with Crippen LogP contribution in [0.5, 0.6) is 0 Å². The van der Waals surface area contributed by atoms with Gasteiger partial charge in [0, 0.05) is 5.41 Å². The summed E-state index contributed by atoms with van der Waals surface area (Å²) in [6, 6.07) is 12.9. The van der Waals surface area contributed by atoms with Crippen LogP contribution in [0.2, 0.25) is 5.02 Å². The monoisotopic (exact) mass is 407 g/mol. The molecule has 0 bridgehead atoms. The van der Waals surface area contributed by atoms with Gasteiger partial charge in [0.1, 0.15) is 10.7 Å². The zero-order chi connectivity index (χ0) is 19.8. The van der Waals surface area contributed by atoms with Crippen LogP contribution >= 0.6 is 11.6 Å². The molecule has 0 aliphatic rings. The van der Waals surface area contributed by atoms with Gasteiger partial charge in [-0.05, 0) is 30.3 Å². The van der Waals surface area contributed by atoms with E-state index in [-0.39, 0.29) is 15.6 Å². The van der Waals surface area contributed by atoms with Crippen LogP contribution < -0.4 is 4.72 Å². The molecule has 1 aromatic heterocycles. The Morgan fingerprint density at radius 3 is 2.37 bits per heavy atom. The zero-order valence-corrected chi connectivity index (χ0v) is 16.6. The molecule has 0 aliphatic carbocycles. The molecule has 0 amide bonds. The fourth-order valence-corrected chi connectivity index (χ4v) is 4.13. The lowest BCUT2D eigenvalue weighted by Crippen LogP contribution is -2.20. The van der Waals surface area contributed by atoms with Crippen LogP contribution in [0.25, 0.3) is 5.69 Å². The topological polar surface area (TPSA) is 64.0 Å². The molecule has 5 nitrogen and oxygen atoms in total. The SMILES string of the molecule is CC(C)(C)c1nn(-c2ccccc2)cc1S(=O)(=O)Nc1ccc(F)c(Cl)c1. The first kappa shape index (κ1) is 19.4. The standard InChI is InChI=1S/C19H19ClFN3O2S/c1-19(2,3)18-17(12-24(22-18)14-7-5-4-6-8-14)27(25,26)23-13-9-10-16(21)15(20)11-13/h4-12,23H,1-3H3. The minimum Gasteiger partial charge on any atom is -0.279 e. The van der Waals surface area contributed by atoms with Crippen LogP contribution in [-0.4, -0.2) is 18.2 Å². The van der Waals surface area contributed by atoms with Gasteiger partial charge in [-0.15, -0.1) is 0 Å². The van der Waals surface area contributed by atoms with Gasteiger partial charge in [0.2, 0.25) is 0 Å². The van der Waals surface area contributed by atoms with E-state index in [1.165, 1.54) is 23.0 Å². The second kappa shape index (κ2) is 6.98. The molecule has 1 N–H and O–H groups in total. The molecule has 0 fully saturated rings. The molecule has 0 radical (unpaired) electrons. The number of benzene rings is 2. The van der Waals surface area contributed by atoms with E-state index in [9.17, 15) is 12.8 Å². The van der Waals surface area contributed by atoms with Crippen molar-refractivity contribution in [3.05, 3.63) is 71.3 Å². The first-order valence-electron chi connectivity index (χ1n) is 8.21. The number of halogens is 2. The van der Waals surface area contributed by atoms with Crippen molar-refractivity contribution in [1.29, 1.82) is 0 Å². The summed E-state index contributed by atoms with van der Waals surface area (Å²) in [4.78, 5) is 0.0549. The van der Waals surface area contributed by atoms with Crippen molar-refractivity contribution in [3.63, 3.8) is 0 Å². The largest absolute Gasteiger partial charge is 0.279 e. The summed E-state index contributed by atoms with van der Waals surface area (Å²) >= 11 is 5.75. The van der Waals surface area contributed by atoms with Crippen molar-refractivity contribution in [3.8, 4) is 5.69 Å². The van der Waals surface area contributed by atoms with Crippen molar-refractivity contribution >= 4 is 27.3 Å². The summed E-state index contributed by atoms with van der Waals surface area (Å²) in [5, 5.41) is 4.34. The highest BCUT2D eigenvalue weighted by atomic mass is 35.5. The fraction of sp³-hybridized carbons (Fsp3) is 0.211. The number of anilines is 1. The smallest absolute Gasteiger partial charge is 0.265 e. The van der Waals surface area contributed by atoms with E-state index in [1.807, 2.05) is 51.1 Å². The number of nitrogens with one attached hydrogen (secondary N) is 1. The third-order valence-corrected chi connectivity index (χ3v) is 5.55. The van der Waals surface area contributed by atoms with Crippen molar-refractivity contribution in [1.82, 2.24) is 9.78 Å². The number of para-hydroxylation sites is 1. The molecular formula is C19H19ClFN3O2S. The van der Waals surface area contributed by atoms with Gasteiger partial charge in [-0.3, -0.25) is 4.72 Å². The van der Waals surface area contributed by atoms with E-state index < -0.39 is 21.3 Å². The van der Waals surface area contributed by atoms with Crippen LogP contribution in [-0.2, 0) is 15.4 Å². The lowest BCUT2D eigenvalue weighted by Gasteiger charge is -2.18. The Labute approximate surface area is 162 Å². The van der Waals surface area contributed by atoms with E-state index in [1.54, 1.807) is 0 Å². The van der Waals surface area contributed by atoms with Gasteiger partial charge in [0.15, 0.2) is 0 Å². The minimum atomic E-state index is -3.96. The Morgan fingerprint density at radius 1 is 1.11 bits per heavy atom. The second-order valence-corrected chi connectivity index (χ2v) is 9.16. The number of rotatable bonds is 4. The molecule has 0 spiro atoms. The maximum Gasteiger partial charge on any atom is 0.265 e. The average molecular weight is 408 g/mol. The molecule has 3 aromatic rings. The predicted molar refractivity (Wildman–Crippen MR) is 104 cm³/mol. The Kier molecular flexibility index (Phi) is 5.01. The summed E-state index contributed by atoms with van der Waals surface area (Å²) in [5.74, 6) is -0.619. The molecule has 2 aromatic carbocycles. The third kappa shape index (κ3) is 4.14. The minimum absolute atomic E-state index is 0.0549. The Bertz CT molecular complexity index is 1070. The lowest BCUT2D eigenvalue weighted by atomic mass is 9.92. The molecule has 0 saturated carbocycles. The summed E-state index contributed by atoms with van der Waals surface area (Å²) in [6.45, 7) is 5.66. The number of sulfonamides is 1. The summed E-state index contributed by atoms with van der Waals surface area (Å²) in [6.07, 6.45) is 1.48. The Morgan fingerprint density at radius 2 is 1.78 bits per heavy atom. The number of hydrogen-bond donors (Lipinski definition) is 1. The highest BCUT2D eigenvalue weighted by Gasteiger charge is 2.30. The third-order valence-electron chi connectivity index (χ3n) is 3.87. The van der Waals surface area contributed by atoms with E-state index in [0.29, 0.717) is 5.69 Å². The summed E-state index contributed by atoms with van der Waals surface area (Å²) in [7, 11) is -3.96. The first-order chi connectivity index (χ1) is 12.6. The average Bonchev–Trinajstić information content (AvgIpc) is 3.06. The zero-order valence-electron chi connectivity index (χ0n) is 15.1. The number of nitrogens with zero attached hydrogens (tertiary/aromatic N) is 2. The van der Waals surface area contributed by atoms with Crippen molar-refractivity contribution in [2.75, 3.05) is 4.72 Å². The highest BCUT2D eigenvalue weighted by molar-refractivity contribution is 7.92. The molecule has 0 saturated heterocycles. The maximum atomic E-state index is 13.3. The summed E-state index contributed by atoms with van der Waals surface area (Å²) in [5.41, 5.74) is 0.833. The molecular weight excluding hydrogens is 389 g/mol. The molecule has 0 aliphatic heterocycles. The van der Waals surface area contributed by atoms with Crippen molar-refractivity contribution < 1.29 is 12.8 Å². The van der Waals surface area contributed by atoms with Gasteiger partial charge in [-0.25, -0.2) is 17.5 Å². The van der Waals surface area contributed by atoms with Crippen molar-refractivity contribution in [2.45, 2.75) is 31.1 Å². The van der Waals surface area contributed by atoms with Crippen LogP contribution in [0.4, 0.5) is 10.1 Å². The van der Waals surface area contributed by atoms with Gasteiger partial charge in [0.25, 0.3) is 10.0 Å². The van der Waals surface area contributed by atoms with Gasteiger partial charge in [0.05, 0.1) is 28.3 Å². The van der Waals surface area contributed by atoms with Gasteiger partial charge >= 0.3 is 0 Å². The van der Waals surface area contributed by atoms with Crippen LogP contribution in [0.3, 0.4) is 0 Å². The number of hydrogen-bond acceptors (Lipinski definition) is 3. The molecule has 3 rings (SSSR count). The van der Waals surface area contributed by atoms with E-state index in [4.69, 9.17) is 11.6 Å². The summed E-state index contributed by atoms with van der Waals surface area (Å²) < 4.78 is 43.3. The predicted octanol–water partition coefficient (Wildman–Crippen LogP) is 4.76. The molecule has 142 valence electrons. The van der Waals surface area contributed by atoms with E-state index >= 15 is 0 Å². The van der Waals surface area contributed by atoms with Crippen molar-refractivity contribution in [2.24, 2.45) is 0 Å². The van der Waals surface area contributed by atoms with Gasteiger partial charge < -0.3 is 0 Å². The quantitative estimate of drug-likeness (QED) is 0.677. The maximum absolute atomic E-state index is 13.3. The Balaban J connectivity index is 2.08. The van der Waals surface area contributed by atoms with Crippen LogP contribution in [0.15, 0.2) is 59.6 Å². The van der Waals surface area contributed by atoms with Crippen LogP contribution in [0.1, 0.15) is 26.5 Å². The fourth-order valence-electron chi connectivity index (χ4n) is 2.56. The first-order valence-corrected chi connectivity index (χ1v) is 10.1. The lowest BCUT2D eigenvalue weighted by molar-refractivity contribution is 0.543. The number of aromatic nitrogens is 2. The molecule has 1 heterocycles. The molecule has 0 atom stereocenters. The molecule has 27 heavy (non-hydrogen) atoms. The normalized spacial score (nSPS) is 12.2. The molecule has 0 unspecified atom stereocenters. The second-order valence-electron chi connectivity index (χ2n) is 7.11. The van der Waals surface area contributed by atoms with Gasteiger partial charge in [-0.2, -0.15) is 5.10 Å². The Hall–Kier alpha value is -2.38. The molecule has 8 heteroatoms. The van der Waals surface area contributed by atoms with E-state index in [0.717, 1.165) is 11.8 Å². The van der Waals surface area contributed by atoms with E-state index in [2.05, 4.69) is 9.82 Å². The highest BCUT2D eigenvalue weighted by Crippen LogP contribution is 2.30.